The van der Waals surface area contributed by atoms with Gasteiger partial charge in [0.15, 0.2) is 11.5 Å². The Labute approximate surface area is 202 Å². The summed E-state index contributed by atoms with van der Waals surface area (Å²) in [5, 5.41) is 7.41. The molecule has 7 nitrogen and oxygen atoms in total. The summed E-state index contributed by atoms with van der Waals surface area (Å²) in [6.45, 7) is 7.67. The molecule has 174 valence electrons. The average molecular weight is 473 g/mol. The molecule has 1 aliphatic carbocycles. The van der Waals surface area contributed by atoms with Crippen molar-refractivity contribution in [1.29, 1.82) is 0 Å². The van der Waals surface area contributed by atoms with E-state index >= 15 is 0 Å². The smallest absolute Gasteiger partial charge is 0.184 e. The van der Waals surface area contributed by atoms with Crippen LogP contribution >= 0.6 is 11.3 Å². The summed E-state index contributed by atoms with van der Waals surface area (Å²) in [6.07, 6.45) is 7.05. The lowest BCUT2D eigenvalue weighted by Gasteiger charge is -2.26. The van der Waals surface area contributed by atoms with Crippen molar-refractivity contribution < 1.29 is 4.74 Å². The van der Waals surface area contributed by atoms with Crippen LogP contribution < -0.4 is 0 Å². The second-order valence-corrected chi connectivity index (χ2v) is 10.5. The predicted octanol–water partition coefficient (Wildman–Crippen LogP) is 4.48. The van der Waals surface area contributed by atoms with Gasteiger partial charge < -0.3 is 9.30 Å². The molecule has 2 aliphatic rings. The second-order valence-electron chi connectivity index (χ2n) is 9.43. The number of para-hydroxylation sites is 1. The highest BCUT2D eigenvalue weighted by atomic mass is 32.1. The number of morpholine rings is 1. The van der Waals surface area contributed by atoms with Crippen LogP contribution in [-0.4, -0.2) is 61.9 Å². The number of thiophene rings is 1. The molecule has 34 heavy (non-hydrogen) atoms. The first kappa shape index (κ1) is 20.6. The minimum absolute atomic E-state index is 0.787. The van der Waals surface area contributed by atoms with Crippen LogP contribution in [0.5, 0.6) is 0 Å². The first-order chi connectivity index (χ1) is 16.8. The minimum Gasteiger partial charge on any atom is -0.379 e. The maximum Gasteiger partial charge on any atom is 0.184 e. The van der Waals surface area contributed by atoms with E-state index in [-0.39, 0.29) is 0 Å². The number of fused-ring (bicyclic) bond motifs is 6. The van der Waals surface area contributed by atoms with E-state index in [0.29, 0.717) is 0 Å². The average Bonchev–Trinajstić information content (AvgIpc) is 3.56. The summed E-state index contributed by atoms with van der Waals surface area (Å²) in [4.78, 5) is 15.2. The fourth-order valence-corrected chi connectivity index (χ4v) is 6.85. The molecule has 0 amide bonds. The van der Waals surface area contributed by atoms with E-state index in [2.05, 4.69) is 39.9 Å². The predicted molar refractivity (Wildman–Crippen MR) is 136 cm³/mol. The van der Waals surface area contributed by atoms with E-state index < -0.39 is 0 Å². The van der Waals surface area contributed by atoms with Gasteiger partial charge in [-0.1, -0.05) is 18.2 Å². The van der Waals surface area contributed by atoms with Gasteiger partial charge in [0, 0.05) is 53.7 Å². The van der Waals surface area contributed by atoms with Crippen molar-refractivity contribution in [3.05, 3.63) is 46.7 Å². The van der Waals surface area contributed by atoms with Crippen LogP contribution in [-0.2, 0) is 24.1 Å². The maximum atomic E-state index is 5.51. The van der Waals surface area contributed by atoms with Crippen molar-refractivity contribution in [1.82, 2.24) is 29.0 Å². The molecule has 0 N–H and O–H groups in total. The van der Waals surface area contributed by atoms with E-state index in [4.69, 9.17) is 19.8 Å². The molecule has 0 bridgehead atoms. The third-order valence-corrected chi connectivity index (χ3v) is 8.53. The molecule has 0 saturated carbocycles. The molecule has 0 radical (unpaired) electrons. The lowest BCUT2D eigenvalue weighted by Crippen LogP contribution is -2.38. The van der Waals surface area contributed by atoms with Crippen molar-refractivity contribution in [3.8, 4) is 11.4 Å². The van der Waals surface area contributed by atoms with Gasteiger partial charge in [-0.3, -0.25) is 4.90 Å². The standard InChI is InChI=1S/C26H28N6OS/c1-17-27-26-23(19-7-3-5-9-22(19)34-26)25-28-24(29-32(17)25)20-16-31(21-8-4-2-6-18(20)21)11-10-30-12-14-33-15-13-30/h2,4,6,8,16H,3,5,7,9-15H2,1H3. The fourth-order valence-electron chi connectivity index (χ4n) is 5.55. The number of nitrogens with zero attached hydrogens (tertiary/aromatic N) is 6. The normalized spacial score (nSPS) is 17.2. The molecule has 5 aromatic rings. The SMILES string of the molecule is Cc1nc2sc3c(c2c2nc(-c4cn(CCN5CCOCC5)c5ccccc45)nn12)CCCC3. The number of hydrogen-bond donors (Lipinski definition) is 0. The van der Waals surface area contributed by atoms with E-state index in [9.17, 15) is 0 Å². The number of ether oxygens (including phenoxy) is 1. The quantitative estimate of drug-likeness (QED) is 0.386. The van der Waals surface area contributed by atoms with Gasteiger partial charge in [0.05, 0.1) is 18.6 Å². The molecular weight excluding hydrogens is 444 g/mol. The van der Waals surface area contributed by atoms with Gasteiger partial charge in [0.1, 0.15) is 10.7 Å². The molecule has 0 spiro atoms. The van der Waals surface area contributed by atoms with E-state index in [0.717, 1.165) is 73.5 Å². The van der Waals surface area contributed by atoms with Crippen LogP contribution in [0.2, 0.25) is 0 Å². The number of aryl methyl sites for hydroxylation is 3. The molecule has 0 unspecified atom stereocenters. The summed E-state index contributed by atoms with van der Waals surface area (Å²) in [5.41, 5.74) is 4.74. The van der Waals surface area contributed by atoms with Gasteiger partial charge in [-0.25, -0.2) is 9.97 Å². The van der Waals surface area contributed by atoms with E-state index in [1.54, 1.807) is 0 Å². The van der Waals surface area contributed by atoms with Gasteiger partial charge in [-0.2, -0.15) is 4.52 Å². The van der Waals surface area contributed by atoms with E-state index in [1.165, 1.54) is 46.0 Å². The summed E-state index contributed by atoms with van der Waals surface area (Å²) < 4.78 is 9.83. The molecule has 1 aliphatic heterocycles. The van der Waals surface area contributed by atoms with Crippen molar-refractivity contribution >= 4 is 38.1 Å². The van der Waals surface area contributed by atoms with Crippen LogP contribution in [0.15, 0.2) is 30.5 Å². The zero-order valence-electron chi connectivity index (χ0n) is 19.5. The third-order valence-electron chi connectivity index (χ3n) is 7.34. The number of hydrogen-bond acceptors (Lipinski definition) is 6. The van der Waals surface area contributed by atoms with Gasteiger partial charge >= 0.3 is 0 Å². The Bertz CT molecular complexity index is 1520. The summed E-state index contributed by atoms with van der Waals surface area (Å²) >= 11 is 1.85. The van der Waals surface area contributed by atoms with Crippen LogP contribution in [0.1, 0.15) is 29.1 Å². The Morgan fingerprint density at radius 1 is 1.03 bits per heavy atom. The summed E-state index contributed by atoms with van der Waals surface area (Å²) in [5.74, 6) is 1.69. The third kappa shape index (κ3) is 3.27. The topological polar surface area (TPSA) is 60.5 Å². The van der Waals surface area contributed by atoms with Gasteiger partial charge in [-0.15, -0.1) is 16.4 Å². The zero-order valence-corrected chi connectivity index (χ0v) is 20.3. The first-order valence-corrected chi connectivity index (χ1v) is 13.1. The van der Waals surface area contributed by atoms with Crippen molar-refractivity contribution in [3.63, 3.8) is 0 Å². The molecule has 1 saturated heterocycles. The molecule has 4 aromatic heterocycles. The Hall–Kier alpha value is -2.81. The summed E-state index contributed by atoms with van der Waals surface area (Å²) in [6, 6.07) is 8.61. The van der Waals surface area contributed by atoms with Crippen LogP contribution in [0.4, 0.5) is 0 Å². The Kier molecular flexibility index (Phi) is 4.93. The van der Waals surface area contributed by atoms with Crippen LogP contribution in [0.25, 0.3) is 38.2 Å². The Balaban J connectivity index is 1.34. The highest BCUT2D eigenvalue weighted by Gasteiger charge is 2.23. The zero-order chi connectivity index (χ0) is 22.6. The monoisotopic (exact) mass is 472 g/mol. The van der Waals surface area contributed by atoms with Gasteiger partial charge in [-0.05, 0) is 44.2 Å². The lowest BCUT2D eigenvalue weighted by molar-refractivity contribution is 0.0365. The molecule has 5 heterocycles. The van der Waals surface area contributed by atoms with E-state index in [1.807, 2.05) is 22.8 Å². The molecule has 7 rings (SSSR count). The largest absolute Gasteiger partial charge is 0.379 e. The van der Waals surface area contributed by atoms with Crippen LogP contribution in [0, 0.1) is 6.92 Å². The highest BCUT2D eigenvalue weighted by Crippen LogP contribution is 2.38. The lowest BCUT2D eigenvalue weighted by atomic mass is 9.97. The minimum atomic E-state index is 0.787. The molecule has 8 heteroatoms. The molecule has 0 atom stereocenters. The molecular formula is C26H28N6OS. The maximum absolute atomic E-state index is 5.51. The highest BCUT2D eigenvalue weighted by molar-refractivity contribution is 7.19. The number of benzene rings is 1. The molecule has 1 fully saturated rings. The number of rotatable bonds is 4. The second kappa shape index (κ2) is 8.15. The Morgan fingerprint density at radius 2 is 1.88 bits per heavy atom. The summed E-state index contributed by atoms with van der Waals surface area (Å²) in [7, 11) is 0. The van der Waals surface area contributed by atoms with Gasteiger partial charge in [0.2, 0.25) is 0 Å². The van der Waals surface area contributed by atoms with Crippen molar-refractivity contribution in [2.45, 2.75) is 39.2 Å². The van der Waals surface area contributed by atoms with Crippen LogP contribution in [0.3, 0.4) is 0 Å². The first-order valence-electron chi connectivity index (χ1n) is 12.3. The Morgan fingerprint density at radius 3 is 2.79 bits per heavy atom. The fraction of sp³-hybridized carbons (Fsp3) is 0.423. The van der Waals surface area contributed by atoms with Crippen molar-refractivity contribution in [2.24, 2.45) is 0 Å². The van der Waals surface area contributed by atoms with Crippen molar-refractivity contribution in [2.75, 3.05) is 32.8 Å². The van der Waals surface area contributed by atoms with Gasteiger partial charge in [0.25, 0.3) is 0 Å². The number of aromatic nitrogens is 5. The molecule has 1 aromatic carbocycles.